The highest BCUT2D eigenvalue weighted by Gasteiger charge is 2.28. The van der Waals surface area contributed by atoms with Crippen LogP contribution in [0.15, 0.2) is 60.2 Å². The van der Waals surface area contributed by atoms with Crippen LogP contribution in [0.2, 0.25) is 0 Å². The van der Waals surface area contributed by atoms with Crippen molar-refractivity contribution in [1.82, 2.24) is 4.98 Å². The Labute approximate surface area is 173 Å². The number of hydrogen-bond acceptors (Lipinski definition) is 4. The second kappa shape index (κ2) is 9.22. The van der Waals surface area contributed by atoms with E-state index in [-0.39, 0.29) is 23.8 Å². The lowest BCUT2D eigenvalue weighted by molar-refractivity contribution is -0.137. The molecule has 2 aromatic carbocycles. The number of ether oxygens (including phenoxy) is 1. The van der Waals surface area contributed by atoms with Crippen molar-refractivity contribution in [2.75, 3.05) is 12.5 Å². The molecule has 0 aliphatic heterocycles. The maximum atomic E-state index is 12.9. The summed E-state index contributed by atoms with van der Waals surface area (Å²) in [5, 5.41) is 10.3. The monoisotopic (exact) mass is 406 g/mol. The number of para-hydroxylation sites is 1. The Morgan fingerprint density at radius 2 is 1.86 bits per heavy atom. The quantitative estimate of drug-likeness (QED) is 0.269. The molecule has 29 heavy (non-hydrogen) atoms. The summed E-state index contributed by atoms with van der Waals surface area (Å²) < 4.78 is 4.96. The molecule has 1 unspecified atom stereocenters. The predicted octanol–water partition coefficient (Wildman–Crippen LogP) is 4.58. The molecule has 1 aromatic heterocycles. The SMILES string of the molecule is CCOC(=O)C(C#N)=Cc1[nH]c2ccccc2c1C(C(=O)CCl)c1ccccc1. The third-order valence-corrected chi connectivity index (χ3v) is 4.82. The Morgan fingerprint density at radius 1 is 1.17 bits per heavy atom. The lowest BCUT2D eigenvalue weighted by Crippen LogP contribution is -2.16. The van der Waals surface area contributed by atoms with E-state index in [4.69, 9.17) is 16.3 Å². The number of fused-ring (bicyclic) bond motifs is 1. The fraction of sp³-hybridized carbons (Fsp3) is 0.174. The Balaban J connectivity index is 2.28. The maximum absolute atomic E-state index is 12.9. The van der Waals surface area contributed by atoms with Gasteiger partial charge >= 0.3 is 5.97 Å². The number of rotatable bonds is 7. The van der Waals surface area contributed by atoms with Crippen molar-refractivity contribution in [2.45, 2.75) is 12.8 Å². The first-order valence-electron chi connectivity index (χ1n) is 9.13. The number of esters is 1. The number of nitrogens with zero attached hydrogens (tertiary/aromatic N) is 1. The van der Waals surface area contributed by atoms with Crippen molar-refractivity contribution in [3.8, 4) is 6.07 Å². The Morgan fingerprint density at radius 3 is 2.52 bits per heavy atom. The summed E-state index contributed by atoms with van der Waals surface area (Å²) in [7, 11) is 0. The number of hydrogen-bond donors (Lipinski definition) is 1. The number of alkyl halides is 1. The van der Waals surface area contributed by atoms with Crippen LogP contribution < -0.4 is 0 Å². The van der Waals surface area contributed by atoms with Crippen LogP contribution in [0.25, 0.3) is 17.0 Å². The summed E-state index contributed by atoms with van der Waals surface area (Å²) in [6, 6.07) is 18.7. The van der Waals surface area contributed by atoms with E-state index in [1.54, 1.807) is 6.92 Å². The summed E-state index contributed by atoms with van der Waals surface area (Å²) >= 11 is 5.94. The molecule has 0 aliphatic rings. The van der Waals surface area contributed by atoms with E-state index in [0.29, 0.717) is 11.3 Å². The largest absolute Gasteiger partial charge is 0.462 e. The van der Waals surface area contributed by atoms with Gasteiger partial charge in [-0.3, -0.25) is 4.79 Å². The number of aromatic nitrogens is 1. The fourth-order valence-corrected chi connectivity index (χ4v) is 3.49. The number of aromatic amines is 1. The topological polar surface area (TPSA) is 82.9 Å². The van der Waals surface area contributed by atoms with Crippen LogP contribution in [0.4, 0.5) is 0 Å². The minimum Gasteiger partial charge on any atom is -0.462 e. The van der Waals surface area contributed by atoms with Crippen LogP contribution in [0.5, 0.6) is 0 Å². The molecule has 0 amide bonds. The molecule has 5 nitrogen and oxygen atoms in total. The Hall–Kier alpha value is -3.36. The molecule has 0 saturated heterocycles. The average Bonchev–Trinajstić information content (AvgIpc) is 3.11. The number of carbonyl (C=O) groups excluding carboxylic acids is 2. The van der Waals surface area contributed by atoms with Gasteiger partial charge in [0.15, 0.2) is 5.78 Å². The molecule has 3 aromatic rings. The molecule has 0 aliphatic carbocycles. The van der Waals surface area contributed by atoms with E-state index in [0.717, 1.165) is 16.5 Å². The van der Waals surface area contributed by atoms with Gasteiger partial charge in [0.1, 0.15) is 11.6 Å². The molecule has 0 radical (unpaired) electrons. The van der Waals surface area contributed by atoms with E-state index >= 15 is 0 Å². The Kier molecular flexibility index (Phi) is 6.48. The highest BCUT2D eigenvalue weighted by molar-refractivity contribution is 6.29. The highest BCUT2D eigenvalue weighted by Crippen LogP contribution is 2.36. The molecule has 0 fully saturated rings. The number of nitrogens with one attached hydrogen (secondary N) is 1. The first kappa shape index (κ1) is 20.4. The normalized spacial score (nSPS) is 12.4. The lowest BCUT2D eigenvalue weighted by Gasteiger charge is -2.16. The van der Waals surface area contributed by atoms with E-state index in [2.05, 4.69) is 4.98 Å². The number of nitriles is 1. The summed E-state index contributed by atoms with van der Waals surface area (Å²) in [5.74, 6) is -1.68. The zero-order valence-corrected chi connectivity index (χ0v) is 16.6. The standard InChI is InChI=1S/C23H19ClN2O3/c1-2-29-23(28)16(14-25)12-19-22(17-10-6-7-11-18(17)26-19)21(20(27)13-24)15-8-4-3-5-9-15/h3-12,21,26H,2,13H2,1H3. The molecule has 0 bridgehead atoms. The van der Waals surface area contributed by atoms with Gasteiger partial charge < -0.3 is 9.72 Å². The minimum atomic E-state index is -0.709. The van der Waals surface area contributed by atoms with Gasteiger partial charge in [-0.15, -0.1) is 11.6 Å². The number of Topliss-reactive ketones (excluding diaryl/α,β-unsaturated/α-hetero) is 1. The number of halogens is 1. The van der Waals surface area contributed by atoms with Gasteiger partial charge in [-0.05, 0) is 30.2 Å². The van der Waals surface area contributed by atoms with Crippen LogP contribution in [0, 0.1) is 11.3 Å². The van der Waals surface area contributed by atoms with Crippen LogP contribution in [0.3, 0.4) is 0 Å². The molecule has 1 N–H and O–H groups in total. The first-order valence-corrected chi connectivity index (χ1v) is 9.67. The van der Waals surface area contributed by atoms with Crippen LogP contribution >= 0.6 is 11.6 Å². The summed E-state index contributed by atoms with van der Waals surface area (Å²) in [5.41, 5.74) is 2.60. The first-order chi connectivity index (χ1) is 14.1. The number of carbonyl (C=O) groups is 2. The van der Waals surface area contributed by atoms with Gasteiger partial charge in [-0.2, -0.15) is 5.26 Å². The van der Waals surface area contributed by atoms with Gasteiger partial charge in [-0.25, -0.2) is 4.79 Å². The number of benzene rings is 2. The average molecular weight is 407 g/mol. The molecule has 0 spiro atoms. The van der Waals surface area contributed by atoms with Crippen LogP contribution in [-0.4, -0.2) is 29.2 Å². The lowest BCUT2D eigenvalue weighted by atomic mass is 9.86. The second-order valence-corrected chi connectivity index (χ2v) is 6.60. The summed E-state index contributed by atoms with van der Waals surface area (Å²) in [6.07, 6.45) is 1.44. The molecule has 0 saturated carbocycles. The highest BCUT2D eigenvalue weighted by atomic mass is 35.5. The van der Waals surface area contributed by atoms with Crippen molar-refractivity contribution in [2.24, 2.45) is 0 Å². The Bertz CT molecular complexity index is 1110. The molecular weight excluding hydrogens is 388 g/mol. The van der Waals surface area contributed by atoms with Crippen LogP contribution in [-0.2, 0) is 14.3 Å². The van der Waals surface area contributed by atoms with Gasteiger partial charge in [-0.1, -0.05) is 48.5 Å². The van der Waals surface area contributed by atoms with Crippen molar-refractivity contribution >= 4 is 40.3 Å². The van der Waals surface area contributed by atoms with Crippen molar-refractivity contribution in [3.63, 3.8) is 0 Å². The molecule has 1 atom stereocenters. The molecule has 1 heterocycles. The summed E-state index contributed by atoms with van der Waals surface area (Å²) in [6.45, 7) is 1.83. The fourth-order valence-electron chi connectivity index (χ4n) is 3.34. The van der Waals surface area contributed by atoms with E-state index in [1.807, 2.05) is 60.7 Å². The molecule has 6 heteroatoms. The van der Waals surface area contributed by atoms with Crippen molar-refractivity contribution in [1.29, 1.82) is 5.26 Å². The van der Waals surface area contributed by atoms with Gasteiger partial charge in [0, 0.05) is 16.6 Å². The van der Waals surface area contributed by atoms with E-state index < -0.39 is 11.9 Å². The maximum Gasteiger partial charge on any atom is 0.348 e. The second-order valence-electron chi connectivity index (χ2n) is 6.33. The van der Waals surface area contributed by atoms with Crippen molar-refractivity contribution in [3.05, 3.63) is 77.0 Å². The summed E-state index contributed by atoms with van der Waals surface area (Å²) in [4.78, 5) is 28.2. The molecular formula is C23H19ClN2O3. The third-order valence-electron chi connectivity index (χ3n) is 4.56. The van der Waals surface area contributed by atoms with Gasteiger partial charge in [0.25, 0.3) is 0 Å². The number of H-pyrrole nitrogens is 1. The molecule has 3 rings (SSSR count). The van der Waals surface area contributed by atoms with Crippen LogP contribution in [0.1, 0.15) is 29.7 Å². The molecule has 146 valence electrons. The van der Waals surface area contributed by atoms with E-state index in [1.165, 1.54) is 6.08 Å². The van der Waals surface area contributed by atoms with E-state index in [9.17, 15) is 14.9 Å². The zero-order chi connectivity index (χ0) is 20.8. The predicted molar refractivity (Wildman–Crippen MR) is 113 cm³/mol. The number of ketones is 1. The zero-order valence-electron chi connectivity index (χ0n) is 15.8. The van der Waals surface area contributed by atoms with Crippen molar-refractivity contribution < 1.29 is 14.3 Å². The van der Waals surface area contributed by atoms with Gasteiger partial charge in [0.05, 0.1) is 18.4 Å². The smallest absolute Gasteiger partial charge is 0.348 e. The van der Waals surface area contributed by atoms with Gasteiger partial charge in [0.2, 0.25) is 0 Å². The minimum absolute atomic E-state index is 0.148. The third kappa shape index (κ3) is 4.23.